The van der Waals surface area contributed by atoms with Crippen molar-refractivity contribution in [1.82, 2.24) is 5.32 Å². The Balaban J connectivity index is 0.000000575. The summed E-state index contributed by atoms with van der Waals surface area (Å²) in [4.78, 5) is 41.3. The fourth-order valence-electron chi connectivity index (χ4n) is 4.56. The number of benzodiazepines with no additional fused rings is 1. The molecule has 4 rings (SSSR count). The molecule has 7 nitrogen and oxygen atoms in total. The minimum absolute atomic E-state index is 0.104. The van der Waals surface area contributed by atoms with Crippen LogP contribution < -0.4 is 16.4 Å². The van der Waals surface area contributed by atoms with Gasteiger partial charge in [0.15, 0.2) is 0 Å². The van der Waals surface area contributed by atoms with Gasteiger partial charge in [-0.15, -0.1) is 0 Å². The zero-order valence-corrected chi connectivity index (χ0v) is 22.3. The largest absolute Gasteiger partial charge is 0.389 e. The molecule has 0 bridgehead atoms. The number of primary amides is 1. The van der Waals surface area contributed by atoms with Crippen molar-refractivity contribution in [3.63, 3.8) is 0 Å². The minimum Gasteiger partial charge on any atom is -0.370 e. The van der Waals surface area contributed by atoms with E-state index in [0.717, 1.165) is 0 Å². The second-order valence-corrected chi connectivity index (χ2v) is 10.3. The summed E-state index contributed by atoms with van der Waals surface area (Å²) in [6, 6.07) is 10.6. The number of amides is 3. The Morgan fingerprint density at radius 2 is 1.83 bits per heavy atom. The van der Waals surface area contributed by atoms with Gasteiger partial charge in [-0.2, -0.15) is 13.2 Å². The molecular formula is C28H30F6N4O3. The number of hydrogen-bond donors (Lipinski definition) is 3. The van der Waals surface area contributed by atoms with Crippen molar-refractivity contribution in [1.29, 1.82) is 0 Å². The molecule has 1 heterocycles. The van der Waals surface area contributed by atoms with Crippen LogP contribution in [-0.4, -0.2) is 41.7 Å². The van der Waals surface area contributed by atoms with Gasteiger partial charge in [0.1, 0.15) is 5.82 Å². The normalized spacial score (nSPS) is 18.8. The number of nitrogens with two attached hydrogens (primary N) is 1. The Kier molecular flexibility index (Phi) is 9.82. The number of halogens is 6. The van der Waals surface area contributed by atoms with Crippen molar-refractivity contribution in [2.45, 2.75) is 64.2 Å². The second kappa shape index (κ2) is 12.7. The molecule has 0 aromatic heterocycles. The van der Waals surface area contributed by atoms with Crippen LogP contribution in [0.5, 0.6) is 0 Å². The Morgan fingerprint density at radius 1 is 1.17 bits per heavy atom. The van der Waals surface area contributed by atoms with E-state index in [1.54, 1.807) is 31.2 Å². The number of aliphatic imine (C=N–C) groups is 1. The lowest BCUT2D eigenvalue weighted by Gasteiger charge is -2.31. The van der Waals surface area contributed by atoms with Gasteiger partial charge in [-0.3, -0.25) is 14.4 Å². The highest BCUT2D eigenvalue weighted by Gasteiger charge is 2.42. The molecule has 1 saturated carbocycles. The Bertz CT molecular complexity index is 1320. The molecule has 0 spiro atoms. The molecule has 1 aliphatic heterocycles. The summed E-state index contributed by atoms with van der Waals surface area (Å²) in [5, 5.41) is 4.97. The predicted molar refractivity (Wildman–Crippen MR) is 140 cm³/mol. The maximum atomic E-state index is 13.9. The van der Waals surface area contributed by atoms with Gasteiger partial charge in [0.2, 0.25) is 23.9 Å². The summed E-state index contributed by atoms with van der Waals surface area (Å²) in [6.45, 7) is 3.58. The molecule has 2 unspecified atom stereocenters. The SMILES string of the molecule is CC1CC(F)(F)C1.Cc1cccc2c1NC(=O)C(NC(=O)C(CCC(F)(F)F)CC(N)=O)N=C2c1cccc(F)c1. The van der Waals surface area contributed by atoms with Crippen molar-refractivity contribution in [3.05, 3.63) is 65.0 Å². The van der Waals surface area contributed by atoms with E-state index >= 15 is 0 Å². The number of benzene rings is 2. The van der Waals surface area contributed by atoms with Crippen LogP contribution in [0.3, 0.4) is 0 Å². The number of hydrogen-bond acceptors (Lipinski definition) is 4. The third kappa shape index (κ3) is 9.05. The highest BCUT2D eigenvalue weighted by molar-refractivity contribution is 6.20. The molecule has 4 N–H and O–H groups in total. The number of para-hydroxylation sites is 1. The van der Waals surface area contributed by atoms with E-state index in [2.05, 4.69) is 15.6 Å². The maximum absolute atomic E-state index is 13.9. The number of carbonyl (C=O) groups is 3. The molecule has 3 amide bonds. The summed E-state index contributed by atoms with van der Waals surface area (Å²) in [7, 11) is 0. The van der Waals surface area contributed by atoms with Gasteiger partial charge < -0.3 is 16.4 Å². The lowest BCUT2D eigenvalue weighted by molar-refractivity contribution is -0.143. The summed E-state index contributed by atoms with van der Waals surface area (Å²) < 4.78 is 75.6. The van der Waals surface area contributed by atoms with Crippen LogP contribution in [0.2, 0.25) is 0 Å². The monoisotopic (exact) mass is 584 g/mol. The van der Waals surface area contributed by atoms with Gasteiger partial charge in [-0.05, 0) is 37.0 Å². The van der Waals surface area contributed by atoms with Gasteiger partial charge >= 0.3 is 6.18 Å². The highest BCUT2D eigenvalue weighted by Crippen LogP contribution is 2.41. The lowest BCUT2D eigenvalue weighted by Crippen LogP contribution is -2.45. The first kappa shape index (κ1) is 31.6. The summed E-state index contributed by atoms with van der Waals surface area (Å²) in [5.41, 5.74) is 7.18. The molecule has 0 saturated heterocycles. The van der Waals surface area contributed by atoms with Gasteiger partial charge in [-0.1, -0.05) is 37.3 Å². The lowest BCUT2D eigenvalue weighted by atomic mass is 9.83. The number of carbonyl (C=O) groups excluding carboxylic acids is 3. The first-order valence-corrected chi connectivity index (χ1v) is 12.8. The Morgan fingerprint density at radius 3 is 2.37 bits per heavy atom. The quantitative estimate of drug-likeness (QED) is 0.386. The molecule has 2 aromatic rings. The van der Waals surface area contributed by atoms with Gasteiger partial charge in [0.25, 0.3) is 5.91 Å². The van der Waals surface area contributed by atoms with E-state index in [-0.39, 0.29) is 24.5 Å². The molecule has 1 aliphatic carbocycles. The van der Waals surface area contributed by atoms with Crippen molar-refractivity contribution in [2.24, 2.45) is 22.6 Å². The number of nitrogens with one attached hydrogen (secondary N) is 2. The Hall–Kier alpha value is -3.90. The summed E-state index contributed by atoms with van der Waals surface area (Å²) >= 11 is 0. The third-order valence-electron chi connectivity index (χ3n) is 6.55. The van der Waals surface area contributed by atoms with Crippen molar-refractivity contribution in [3.8, 4) is 0 Å². The van der Waals surface area contributed by atoms with E-state index in [1.165, 1.54) is 18.2 Å². The molecule has 2 aliphatic rings. The van der Waals surface area contributed by atoms with E-state index in [4.69, 9.17) is 5.73 Å². The molecule has 2 atom stereocenters. The number of alkyl halides is 5. The molecule has 222 valence electrons. The van der Waals surface area contributed by atoms with Crippen LogP contribution >= 0.6 is 0 Å². The third-order valence-corrected chi connectivity index (χ3v) is 6.55. The number of aryl methyl sites for hydroxylation is 1. The molecule has 41 heavy (non-hydrogen) atoms. The van der Waals surface area contributed by atoms with Crippen LogP contribution in [0.4, 0.5) is 32.0 Å². The summed E-state index contributed by atoms with van der Waals surface area (Å²) in [5.74, 6) is -6.69. The second-order valence-electron chi connectivity index (χ2n) is 10.3. The van der Waals surface area contributed by atoms with Crippen LogP contribution in [-0.2, 0) is 14.4 Å². The van der Waals surface area contributed by atoms with Crippen molar-refractivity contribution >= 4 is 29.1 Å². The maximum Gasteiger partial charge on any atom is 0.389 e. The molecular weight excluding hydrogens is 554 g/mol. The fraction of sp³-hybridized carbons (Fsp3) is 0.429. The molecule has 13 heteroatoms. The van der Waals surface area contributed by atoms with E-state index in [1.807, 2.05) is 6.92 Å². The van der Waals surface area contributed by atoms with Crippen LogP contribution in [0.15, 0.2) is 47.5 Å². The molecule has 2 aromatic carbocycles. The predicted octanol–water partition coefficient (Wildman–Crippen LogP) is 5.25. The zero-order valence-electron chi connectivity index (χ0n) is 22.3. The number of fused-ring (bicyclic) bond motifs is 1. The van der Waals surface area contributed by atoms with Gasteiger partial charge in [0.05, 0.1) is 11.4 Å². The standard InChI is InChI=1S/C23H22F4N4O3.C5H8F2/c1-12-4-2-7-16-18(12)30-22(34)20(29-19(16)13-5-3-6-15(24)10-13)31-21(33)14(11-17(28)32)8-9-23(25,26)27;1-4-2-5(6,7)3-4/h2-7,10,14,20H,8-9,11H2,1H3,(H2,28,32)(H,30,34)(H,31,33);4H,2-3H2,1H3. The smallest absolute Gasteiger partial charge is 0.370 e. The van der Waals surface area contributed by atoms with Crippen molar-refractivity contribution < 1.29 is 40.7 Å². The van der Waals surface area contributed by atoms with E-state index < -0.39 is 67.0 Å². The minimum atomic E-state index is -4.54. The van der Waals surface area contributed by atoms with Crippen LogP contribution in [0.25, 0.3) is 0 Å². The van der Waals surface area contributed by atoms with Crippen LogP contribution in [0, 0.1) is 24.6 Å². The average Bonchev–Trinajstić information content (AvgIpc) is 2.97. The molecule has 1 fully saturated rings. The highest BCUT2D eigenvalue weighted by atomic mass is 19.4. The first-order chi connectivity index (χ1) is 19.0. The van der Waals surface area contributed by atoms with E-state index in [0.29, 0.717) is 22.4 Å². The number of anilines is 1. The average molecular weight is 585 g/mol. The topological polar surface area (TPSA) is 114 Å². The van der Waals surface area contributed by atoms with Crippen molar-refractivity contribution in [2.75, 3.05) is 5.32 Å². The number of rotatable bonds is 7. The number of nitrogens with zero attached hydrogens (tertiary/aromatic N) is 1. The van der Waals surface area contributed by atoms with Gasteiger partial charge in [-0.25, -0.2) is 18.2 Å². The van der Waals surface area contributed by atoms with Gasteiger partial charge in [0, 0.05) is 42.7 Å². The van der Waals surface area contributed by atoms with E-state index in [9.17, 15) is 40.7 Å². The zero-order chi connectivity index (χ0) is 30.5. The summed E-state index contributed by atoms with van der Waals surface area (Å²) in [6.07, 6.45) is -8.50. The fourth-order valence-corrected chi connectivity index (χ4v) is 4.56. The Labute approximate surface area is 232 Å². The van der Waals surface area contributed by atoms with Crippen LogP contribution in [0.1, 0.15) is 55.7 Å². The molecule has 0 radical (unpaired) electrons. The first-order valence-electron chi connectivity index (χ1n) is 12.8.